The minimum atomic E-state index is -0.431. The summed E-state index contributed by atoms with van der Waals surface area (Å²) in [5, 5.41) is 8.01. The number of nitrogens with zero attached hydrogens (tertiary/aromatic N) is 3. The van der Waals surface area contributed by atoms with E-state index < -0.39 is 5.60 Å². The van der Waals surface area contributed by atoms with Crippen molar-refractivity contribution in [1.29, 1.82) is 0 Å². The fraction of sp³-hybridized carbons (Fsp3) is 0.778. The fourth-order valence-corrected chi connectivity index (χ4v) is 2.67. The monoisotopic (exact) mass is 336 g/mol. The second-order valence-corrected chi connectivity index (χ2v) is 8.59. The third kappa shape index (κ3) is 5.51. The predicted octanol–water partition coefficient (Wildman–Crippen LogP) is 3.13. The van der Waals surface area contributed by atoms with E-state index >= 15 is 0 Å². The fourth-order valence-electron chi connectivity index (χ4n) is 2.67. The number of ether oxygens (including phenoxy) is 1. The third-order valence-corrected chi connectivity index (χ3v) is 4.06. The number of amides is 1. The summed E-state index contributed by atoms with van der Waals surface area (Å²) >= 11 is 0. The molecule has 2 rings (SSSR count). The maximum Gasteiger partial charge on any atom is 0.410 e. The topological polar surface area (TPSA) is 59.4 Å². The van der Waals surface area contributed by atoms with Gasteiger partial charge in [-0.1, -0.05) is 0 Å². The second kappa shape index (κ2) is 7.13. The molecular weight excluding hydrogens is 304 g/mol. The zero-order valence-corrected chi connectivity index (χ0v) is 15.9. The minimum Gasteiger partial charge on any atom is -0.444 e. The van der Waals surface area contributed by atoms with Crippen LogP contribution in [0.3, 0.4) is 0 Å². The maximum absolute atomic E-state index is 12.1. The van der Waals surface area contributed by atoms with Gasteiger partial charge in [0.05, 0.1) is 11.7 Å². The summed E-state index contributed by atoms with van der Waals surface area (Å²) in [7, 11) is 0. The van der Waals surface area contributed by atoms with E-state index in [-0.39, 0.29) is 11.6 Å². The van der Waals surface area contributed by atoms with Crippen LogP contribution in [0.4, 0.5) is 4.79 Å². The van der Waals surface area contributed by atoms with Crippen LogP contribution in [0.1, 0.15) is 59.9 Å². The lowest BCUT2D eigenvalue weighted by Gasteiger charge is -2.33. The molecule has 1 amide bonds. The van der Waals surface area contributed by atoms with Crippen LogP contribution in [0.2, 0.25) is 0 Å². The van der Waals surface area contributed by atoms with Gasteiger partial charge in [0.15, 0.2) is 0 Å². The molecule has 1 fully saturated rings. The molecule has 0 spiro atoms. The maximum atomic E-state index is 12.1. The van der Waals surface area contributed by atoms with Crippen LogP contribution in [0.25, 0.3) is 0 Å². The zero-order valence-electron chi connectivity index (χ0n) is 15.9. The van der Waals surface area contributed by atoms with E-state index in [1.807, 2.05) is 31.6 Å². The minimum absolute atomic E-state index is 0.0109. The lowest BCUT2D eigenvalue weighted by Crippen LogP contribution is -2.46. The molecule has 6 nitrogen and oxygen atoms in total. The molecule has 1 aliphatic heterocycles. The molecule has 0 radical (unpaired) electrons. The summed E-state index contributed by atoms with van der Waals surface area (Å²) in [5.41, 5.74) is 0.774. The average Bonchev–Trinajstić information content (AvgIpc) is 2.93. The zero-order chi connectivity index (χ0) is 18.0. The quantitative estimate of drug-likeness (QED) is 0.921. The van der Waals surface area contributed by atoms with Crippen LogP contribution in [-0.2, 0) is 16.8 Å². The summed E-state index contributed by atoms with van der Waals surface area (Å²) in [6, 6.07) is 0.432. The molecule has 1 aromatic heterocycles. The molecule has 136 valence electrons. The highest BCUT2D eigenvalue weighted by atomic mass is 16.6. The van der Waals surface area contributed by atoms with E-state index in [0.29, 0.717) is 6.04 Å². The standard InChI is InChI=1S/C18H32N4O2/c1-17(2,3)22-13-14(12-20-22)11-19-15-7-9-21(10-8-15)16(23)24-18(4,5)6/h12-13,15,19H,7-11H2,1-6H3. The van der Waals surface area contributed by atoms with Crippen molar-refractivity contribution in [3.05, 3.63) is 18.0 Å². The Morgan fingerprint density at radius 3 is 2.38 bits per heavy atom. The molecule has 1 aliphatic rings. The molecule has 0 unspecified atom stereocenters. The molecule has 0 bridgehead atoms. The molecule has 1 aromatic rings. The first-order valence-electron chi connectivity index (χ1n) is 8.80. The third-order valence-electron chi connectivity index (χ3n) is 4.06. The molecule has 1 N–H and O–H groups in total. The number of hydrogen-bond acceptors (Lipinski definition) is 4. The van der Waals surface area contributed by atoms with Gasteiger partial charge >= 0.3 is 6.09 Å². The van der Waals surface area contributed by atoms with Crippen molar-refractivity contribution in [3.8, 4) is 0 Å². The summed E-state index contributed by atoms with van der Waals surface area (Å²) in [4.78, 5) is 13.9. The van der Waals surface area contributed by atoms with Gasteiger partial charge in [-0.15, -0.1) is 0 Å². The highest BCUT2D eigenvalue weighted by Gasteiger charge is 2.26. The van der Waals surface area contributed by atoms with Crippen molar-refractivity contribution >= 4 is 6.09 Å². The van der Waals surface area contributed by atoms with E-state index in [1.165, 1.54) is 5.56 Å². The van der Waals surface area contributed by atoms with Gasteiger partial charge < -0.3 is 15.0 Å². The first-order valence-corrected chi connectivity index (χ1v) is 8.80. The molecular formula is C18H32N4O2. The Hall–Kier alpha value is -1.56. The highest BCUT2D eigenvalue weighted by molar-refractivity contribution is 5.68. The normalized spacial score (nSPS) is 17.2. The van der Waals surface area contributed by atoms with Crippen molar-refractivity contribution in [2.75, 3.05) is 13.1 Å². The smallest absolute Gasteiger partial charge is 0.410 e. The number of nitrogens with one attached hydrogen (secondary N) is 1. The average molecular weight is 336 g/mol. The first-order chi connectivity index (χ1) is 11.0. The number of piperidine rings is 1. The Morgan fingerprint density at radius 2 is 1.88 bits per heavy atom. The second-order valence-electron chi connectivity index (χ2n) is 8.59. The van der Waals surface area contributed by atoms with Crippen molar-refractivity contribution in [2.24, 2.45) is 0 Å². The van der Waals surface area contributed by atoms with Gasteiger partial charge in [0.25, 0.3) is 0 Å². The van der Waals surface area contributed by atoms with Crippen molar-refractivity contribution in [3.63, 3.8) is 0 Å². The van der Waals surface area contributed by atoms with E-state index in [2.05, 4.69) is 37.4 Å². The number of likely N-dealkylation sites (tertiary alicyclic amines) is 1. The van der Waals surface area contributed by atoms with E-state index in [1.54, 1.807) is 4.90 Å². The lowest BCUT2D eigenvalue weighted by molar-refractivity contribution is 0.0198. The number of carbonyl (C=O) groups excluding carboxylic acids is 1. The van der Waals surface area contributed by atoms with Crippen molar-refractivity contribution < 1.29 is 9.53 Å². The van der Waals surface area contributed by atoms with E-state index in [9.17, 15) is 4.79 Å². The molecule has 0 aromatic carbocycles. The van der Waals surface area contributed by atoms with Crippen LogP contribution < -0.4 is 5.32 Å². The summed E-state index contributed by atoms with van der Waals surface area (Å²) < 4.78 is 7.43. The highest BCUT2D eigenvalue weighted by Crippen LogP contribution is 2.17. The van der Waals surface area contributed by atoms with Gasteiger partial charge in [0.1, 0.15) is 5.60 Å². The molecule has 2 heterocycles. The Bertz CT molecular complexity index is 546. The lowest BCUT2D eigenvalue weighted by atomic mass is 10.1. The van der Waals surface area contributed by atoms with Crippen LogP contribution >= 0.6 is 0 Å². The number of aromatic nitrogens is 2. The van der Waals surface area contributed by atoms with Gasteiger partial charge in [-0.3, -0.25) is 4.68 Å². The SMILES string of the molecule is CC(C)(C)OC(=O)N1CCC(NCc2cnn(C(C)(C)C)c2)CC1. The molecule has 1 saturated heterocycles. The summed E-state index contributed by atoms with van der Waals surface area (Å²) in [6.45, 7) is 14.4. The van der Waals surface area contributed by atoms with Gasteiger partial charge in [0, 0.05) is 37.4 Å². The molecule has 0 saturated carbocycles. The van der Waals surface area contributed by atoms with Gasteiger partial charge in [-0.2, -0.15) is 5.10 Å². The van der Waals surface area contributed by atoms with Gasteiger partial charge in [0.2, 0.25) is 0 Å². The van der Waals surface area contributed by atoms with E-state index in [4.69, 9.17) is 4.74 Å². The molecule has 0 aliphatic carbocycles. The van der Waals surface area contributed by atoms with Crippen molar-refractivity contribution in [2.45, 2.75) is 78.1 Å². The van der Waals surface area contributed by atoms with Crippen LogP contribution in [0.5, 0.6) is 0 Å². The Labute approximate surface area is 145 Å². The number of carbonyl (C=O) groups is 1. The molecule has 0 atom stereocenters. The summed E-state index contributed by atoms with van der Waals surface area (Å²) in [6.07, 6.45) is 5.73. The molecule has 6 heteroatoms. The van der Waals surface area contributed by atoms with Crippen LogP contribution in [-0.4, -0.2) is 45.5 Å². The molecule has 24 heavy (non-hydrogen) atoms. The number of hydrogen-bond donors (Lipinski definition) is 1. The first kappa shape index (κ1) is 18.8. The van der Waals surface area contributed by atoms with Crippen LogP contribution in [0.15, 0.2) is 12.4 Å². The van der Waals surface area contributed by atoms with E-state index in [0.717, 1.165) is 32.5 Å². The van der Waals surface area contributed by atoms with Crippen molar-refractivity contribution in [1.82, 2.24) is 20.0 Å². The Kier molecular flexibility index (Phi) is 5.58. The summed E-state index contributed by atoms with van der Waals surface area (Å²) in [5.74, 6) is 0. The largest absolute Gasteiger partial charge is 0.444 e. The van der Waals surface area contributed by atoms with Gasteiger partial charge in [-0.05, 0) is 54.4 Å². The predicted molar refractivity (Wildman–Crippen MR) is 94.9 cm³/mol. The van der Waals surface area contributed by atoms with Gasteiger partial charge in [-0.25, -0.2) is 4.79 Å². The van der Waals surface area contributed by atoms with Crippen LogP contribution in [0, 0.1) is 0 Å². The number of rotatable bonds is 3. The Morgan fingerprint density at radius 1 is 1.25 bits per heavy atom. The Balaban J connectivity index is 1.75.